The van der Waals surface area contributed by atoms with Crippen LogP contribution in [0.4, 0.5) is 0 Å². The third-order valence-corrected chi connectivity index (χ3v) is 4.42. The normalized spacial score (nSPS) is 16.0. The van der Waals surface area contributed by atoms with E-state index >= 15 is 0 Å². The fourth-order valence-corrected chi connectivity index (χ4v) is 3.14. The van der Waals surface area contributed by atoms with E-state index in [0.717, 1.165) is 19.3 Å². The quantitative estimate of drug-likeness (QED) is 0.885. The lowest BCUT2D eigenvalue weighted by Crippen LogP contribution is -2.33. The molecule has 1 amide bonds. The molecule has 0 saturated heterocycles. The lowest BCUT2D eigenvalue weighted by molar-refractivity contribution is -0.120. The summed E-state index contributed by atoms with van der Waals surface area (Å²) in [6, 6.07) is 8.85. The number of hydrogen-bond acceptors (Lipinski definition) is 3. The summed E-state index contributed by atoms with van der Waals surface area (Å²) >= 11 is 0. The maximum Gasteiger partial charge on any atom is 0.239 e. The Morgan fingerprint density at radius 1 is 1.22 bits per heavy atom. The van der Waals surface area contributed by atoms with E-state index in [1.165, 1.54) is 0 Å². The Morgan fingerprint density at radius 2 is 1.89 bits per heavy atom. The van der Waals surface area contributed by atoms with E-state index in [9.17, 15) is 13.2 Å². The Hall–Kier alpha value is -1.36. The second kappa shape index (κ2) is 5.52. The fraction of sp³-hybridized carbons (Fsp3) is 0.462. The summed E-state index contributed by atoms with van der Waals surface area (Å²) in [5.41, 5.74) is 0.682. The van der Waals surface area contributed by atoms with Gasteiger partial charge >= 0.3 is 0 Å². The van der Waals surface area contributed by atoms with Gasteiger partial charge in [-0.15, -0.1) is 0 Å². The summed E-state index contributed by atoms with van der Waals surface area (Å²) in [6.45, 7) is 0. The molecule has 1 aliphatic carbocycles. The largest absolute Gasteiger partial charge is 0.274 e. The number of nitrogens with one attached hydrogen (secondary N) is 1. The lowest BCUT2D eigenvalue weighted by atomic mass is 9.83. The number of sulfonamides is 1. The average Bonchev–Trinajstić information content (AvgIpc) is 2.23. The highest BCUT2D eigenvalue weighted by Crippen LogP contribution is 2.29. The van der Waals surface area contributed by atoms with Gasteiger partial charge in [0.1, 0.15) is 0 Å². The number of amides is 1. The molecular weight excluding hydrogens is 250 g/mol. The summed E-state index contributed by atoms with van der Waals surface area (Å²) in [5.74, 6) is -0.155. The van der Waals surface area contributed by atoms with Crippen molar-refractivity contribution in [3.05, 3.63) is 35.9 Å². The van der Waals surface area contributed by atoms with Crippen molar-refractivity contribution in [2.24, 2.45) is 5.92 Å². The van der Waals surface area contributed by atoms with Crippen LogP contribution in [0.1, 0.15) is 31.2 Å². The van der Waals surface area contributed by atoms with E-state index in [0.29, 0.717) is 17.9 Å². The van der Waals surface area contributed by atoms with Gasteiger partial charge < -0.3 is 0 Å². The summed E-state index contributed by atoms with van der Waals surface area (Å²) in [7, 11) is -3.56. The van der Waals surface area contributed by atoms with Crippen LogP contribution in [-0.4, -0.2) is 14.3 Å². The van der Waals surface area contributed by atoms with E-state index in [1.807, 2.05) is 6.07 Å². The predicted octanol–water partition coefficient (Wildman–Crippen LogP) is 1.82. The zero-order valence-corrected chi connectivity index (χ0v) is 10.9. The van der Waals surface area contributed by atoms with Gasteiger partial charge in [0, 0.05) is 6.42 Å². The fourth-order valence-electron chi connectivity index (χ4n) is 2.00. The van der Waals surface area contributed by atoms with Crippen molar-refractivity contribution >= 4 is 15.9 Å². The van der Waals surface area contributed by atoms with E-state index in [4.69, 9.17) is 0 Å². The first kappa shape index (κ1) is 13.1. The molecule has 0 heterocycles. The van der Waals surface area contributed by atoms with Crippen molar-refractivity contribution in [1.82, 2.24) is 4.72 Å². The van der Waals surface area contributed by atoms with Gasteiger partial charge in [0.25, 0.3) is 0 Å². The molecule has 0 aromatic heterocycles. The smallest absolute Gasteiger partial charge is 0.239 e. The zero-order valence-electron chi connectivity index (χ0n) is 10.1. The number of rotatable bonds is 5. The molecule has 98 valence electrons. The third-order valence-electron chi connectivity index (χ3n) is 3.17. The first-order valence-corrected chi connectivity index (χ1v) is 7.78. The van der Waals surface area contributed by atoms with Crippen molar-refractivity contribution in [2.75, 3.05) is 0 Å². The minimum atomic E-state index is -3.56. The van der Waals surface area contributed by atoms with Gasteiger partial charge in [-0.25, -0.2) is 8.42 Å². The Labute approximate surface area is 107 Å². The maximum absolute atomic E-state index is 11.8. The minimum Gasteiger partial charge on any atom is -0.274 e. The predicted molar refractivity (Wildman–Crippen MR) is 69.2 cm³/mol. The molecule has 18 heavy (non-hydrogen) atoms. The van der Waals surface area contributed by atoms with Crippen LogP contribution in [0.5, 0.6) is 0 Å². The average molecular weight is 267 g/mol. The Kier molecular flexibility index (Phi) is 4.01. The van der Waals surface area contributed by atoms with Crippen molar-refractivity contribution in [2.45, 2.75) is 31.4 Å². The van der Waals surface area contributed by atoms with Crippen molar-refractivity contribution in [3.63, 3.8) is 0 Å². The molecule has 0 radical (unpaired) electrons. The summed E-state index contributed by atoms with van der Waals surface area (Å²) in [4.78, 5) is 11.6. The van der Waals surface area contributed by atoms with Crippen LogP contribution in [0.2, 0.25) is 0 Å². The monoisotopic (exact) mass is 267 g/mol. The van der Waals surface area contributed by atoms with Crippen molar-refractivity contribution < 1.29 is 13.2 Å². The number of carbonyl (C=O) groups excluding carboxylic acids is 1. The highest BCUT2D eigenvalue weighted by atomic mass is 32.2. The van der Waals surface area contributed by atoms with E-state index in [1.54, 1.807) is 24.3 Å². The molecule has 0 atom stereocenters. The molecular formula is C13H17NO3S. The zero-order chi connectivity index (χ0) is 13.0. The van der Waals surface area contributed by atoms with Crippen LogP contribution in [-0.2, 0) is 20.6 Å². The van der Waals surface area contributed by atoms with E-state index in [-0.39, 0.29) is 11.7 Å². The summed E-state index contributed by atoms with van der Waals surface area (Å²) < 4.78 is 25.7. The van der Waals surface area contributed by atoms with Gasteiger partial charge in [0.2, 0.25) is 15.9 Å². The SMILES string of the molecule is O=C(CC1CCC1)NS(=O)(=O)Cc1ccccc1. The topological polar surface area (TPSA) is 63.2 Å². The molecule has 4 nitrogen and oxygen atoms in total. The molecule has 2 rings (SSSR count). The first-order valence-electron chi connectivity index (χ1n) is 6.12. The van der Waals surface area contributed by atoms with Crippen LogP contribution < -0.4 is 4.72 Å². The highest BCUT2D eigenvalue weighted by Gasteiger charge is 2.23. The number of hydrogen-bond donors (Lipinski definition) is 1. The Morgan fingerprint density at radius 3 is 2.44 bits per heavy atom. The van der Waals surface area contributed by atoms with Crippen molar-refractivity contribution in [1.29, 1.82) is 0 Å². The molecule has 1 aliphatic rings. The van der Waals surface area contributed by atoms with Gasteiger partial charge in [-0.05, 0) is 24.3 Å². The molecule has 1 fully saturated rings. The second-order valence-electron chi connectivity index (χ2n) is 4.77. The molecule has 0 spiro atoms. The van der Waals surface area contributed by atoms with Crippen LogP contribution in [0.25, 0.3) is 0 Å². The second-order valence-corrected chi connectivity index (χ2v) is 6.49. The van der Waals surface area contributed by atoms with Crippen LogP contribution in [0.15, 0.2) is 30.3 Å². The highest BCUT2D eigenvalue weighted by molar-refractivity contribution is 7.89. The number of carbonyl (C=O) groups is 1. The minimum absolute atomic E-state index is 0.149. The Balaban J connectivity index is 1.88. The molecule has 1 N–H and O–H groups in total. The Bertz CT molecular complexity index is 506. The maximum atomic E-state index is 11.8. The molecule has 0 unspecified atom stereocenters. The van der Waals surface area contributed by atoms with Gasteiger partial charge in [0.15, 0.2) is 0 Å². The molecule has 5 heteroatoms. The van der Waals surface area contributed by atoms with Crippen molar-refractivity contribution in [3.8, 4) is 0 Å². The summed E-state index contributed by atoms with van der Waals surface area (Å²) in [5, 5.41) is 0. The third kappa shape index (κ3) is 3.84. The first-order chi connectivity index (χ1) is 8.55. The number of benzene rings is 1. The molecule has 0 bridgehead atoms. The van der Waals surface area contributed by atoms with E-state index in [2.05, 4.69) is 4.72 Å². The molecule has 0 aliphatic heterocycles. The molecule has 1 aromatic rings. The standard InChI is InChI=1S/C13H17NO3S/c15-13(9-11-7-4-8-11)14-18(16,17)10-12-5-2-1-3-6-12/h1-3,5-6,11H,4,7-10H2,(H,14,15). The van der Waals surface area contributed by atoms with Gasteiger partial charge in [-0.3, -0.25) is 9.52 Å². The van der Waals surface area contributed by atoms with E-state index < -0.39 is 10.0 Å². The summed E-state index contributed by atoms with van der Waals surface area (Å²) in [6.07, 6.45) is 3.54. The van der Waals surface area contributed by atoms with Crippen LogP contribution in [0, 0.1) is 5.92 Å². The molecule has 1 saturated carbocycles. The molecule has 1 aromatic carbocycles. The van der Waals surface area contributed by atoms with Gasteiger partial charge in [-0.1, -0.05) is 36.8 Å². The lowest BCUT2D eigenvalue weighted by Gasteiger charge is -2.24. The van der Waals surface area contributed by atoms with Gasteiger partial charge in [0.05, 0.1) is 5.75 Å². The van der Waals surface area contributed by atoms with Crippen LogP contribution in [0.3, 0.4) is 0 Å². The van der Waals surface area contributed by atoms with Gasteiger partial charge in [-0.2, -0.15) is 0 Å². The van der Waals surface area contributed by atoms with Crippen LogP contribution >= 0.6 is 0 Å².